The molecule has 10 rings (SSSR count). The second kappa shape index (κ2) is 10.8. The van der Waals surface area contributed by atoms with E-state index in [-0.39, 0.29) is 33.1 Å². The van der Waals surface area contributed by atoms with Crippen LogP contribution in [0.1, 0.15) is 60.1 Å². The number of carboxylic acids is 1. The maximum atomic E-state index is 14.3. The van der Waals surface area contributed by atoms with E-state index in [0.29, 0.717) is 16.6 Å². The molecule has 2 N–H and O–H groups in total. The first-order valence-corrected chi connectivity index (χ1v) is 17.2. The van der Waals surface area contributed by atoms with Crippen molar-refractivity contribution in [3.05, 3.63) is 71.8 Å². The van der Waals surface area contributed by atoms with Crippen molar-refractivity contribution < 1.29 is 23.1 Å². The molecule has 4 aliphatic rings. The summed E-state index contributed by atoms with van der Waals surface area (Å²) < 4.78 is 47.3. The van der Waals surface area contributed by atoms with Gasteiger partial charge in [-0.1, -0.05) is 23.5 Å². The minimum absolute atomic E-state index is 0.0654. The third kappa shape index (κ3) is 5.06. The molecule has 14 heteroatoms. The van der Waals surface area contributed by atoms with Crippen LogP contribution in [0.5, 0.6) is 0 Å². The number of fused-ring (bicyclic) bond motifs is 2. The number of aromatic carboxylic acids is 1. The second-order valence-electron chi connectivity index (χ2n) is 14.1. The molecule has 1 aromatic carbocycles. The summed E-state index contributed by atoms with van der Waals surface area (Å²) in [6.07, 6.45) is 7.63. The molecule has 4 saturated carbocycles. The minimum atomic E-state index is -4.77. The largest absolute Gasteiger partial charge is 0.478 e. The van der Waals surface area contributed by atoms with Crippen LogP contribution in [-0.4, -0.2) is 45.4 Å². The third-order valence-corrected chi connectivity index (χ3v) is 11.8. The molecule has 5 heterocycles. The first-order chi connectivity index (χ1) is 23.5. The number of carboxylic acid groups (broad SMARTS) is 1. The van der Waals surface area contributed by atoms with Crippen LogP contribution in [0.2, 0.25) is 0 Å². The number of carbonyl (C=O) groups is 1. The molecule has 49 heavy (non-hydrogen) atoms. The Balaban J connectivity index is 1.06. The van der Waals surface area contributed by atoms with Gasteiger partial charge in [0, 0.05) is 29.6 Å². The fourth-order valence-electron chi connectivity index (χ4n) is 9.20. The molecule has 5 aromatic heterocycles. The number of nitrogens with zero attached hydrogens (tertiary/aromatic N) is 7. The van der Waals surface area contributed by atoms with E-state index in [4.69, 9.17) is 5.10 Å². The molecule has 0 aliphatic heterocycles. The lowest BCUT2D eigenvalue weighted by molar-refractivity contribution is -0.137. The molecule has 0 unspecified atom stereocenters. The summed E-state index contributed by atoms with van der Waals surface area (Å²) in [5, 5.41) is 26.1. The van der Waals surface area contributed by atoms with E-state index in [1.54, 1.807) is 30.6 Å². The van der Waals surface area contributed by atoms with E-state index in [1.165, 1.54) is 60.5 Å². The van der Waals surface area contributed by atoms with Gasteiger partial charge in [-0.05, 0) is 92.9 Å². The van der Waals surface area contributed by atoms with Gasteiger partial charge in [0.1, 0.15) is 16.8 Å². The van der Waals surface area contributed by atoms with Crippen LogP contribution < -0.4 is 5.32 Å². The summed E-state index contributed by atoms with van der Waals surface area (Å²) in [6, 6.07) is 9.77. The van der Waals surface area contributed by atoms with Gasteiger partial charge in [-0.3, -0.25) is 9.08 Å². The molecular weight excluding hydrogens is 653 g/mol. The van der Waals surface area contributed by atoms with Gasteiger partial charge in [-0.15, -0.1) is 10.2 Å². The first-order valence-electron chi connectivity index (χ1n) is 16.4. The number of rotatable bonds is 7. The van der Waals surface area contributed by atoms with Gasteiger partial charge in [0.2, 0.25) is 0 Å². The monoisotopic (exact) mass is 684 g/mol. The van der Waals surface area contributed by atoms with E-state index in [9.17, 15) is 23.1 Å². The maximum absolute atomic E-state index is 14.3. The fraction of sp³-hybridized carbons (Fsp3) is 0.371. The molecule has 0 atom stereocenters. The Bertz CT molecular complexity index is 2220. The number of aromatic nitrogens is 7. The lowest BCUT2D eigenvalue weighted by atomic mass is 9.49. The average Bonchev–Trinajstić information content (AvgIpc) is 3.76. The Morgan fingerprint density at radius 1 is 1.04 bits per heavy atom. The van der Waals surface area contributed by atoms with Crippen molar-refractivity contribution in [2.24, 2.45) is 23.2 Å². The zero-order chi connectivity index (χ0) is 33.7. The van der Waals surface area contributed by atoms with Crippen LogP contribution in [0.15, 0.2) is 55.0 Å². The molecule has 0 saturated heterocycles. The van der Waals surface area contributed by atoms with E-state index in [0.717, 1.165) is 40.8 Å². The van der Waals surface area contributed by atoms with Crippen LogP contribution in [0.3, 0.4) is 0 Å². The maximum Gasteiger partial charge on any atom is 0.420 e. The number of benzene rings is 1. The predicted molar refractivity (Wildman–Crippen MR) is 178 cm³/mol. The van der Waals surface area contributed by atoms with Gasteiger partial charge in [0.05, 0.1) is 28.3 Å². The van der Waals surface area contributed by atoms with Crippen LogP contribution in [0.4, 0.5) is 24.1 Å². The number of thiazole rings is 1. The smallest absolute Gasteiger partial charge is 0.420 e. The summed E-state index contributed by atoms with van der Waals surface area (Å²) in [4.78, 5) is 21.5. The average molecular weight is 685 g/mol. The summed E-state index contributed by atoms with van der Waals surface area (Å²) in [5.74, 6) is 0.725. The van der Waals surface area contributed by atoms with Crippen molar-refractivity contribution in [3.8, 4) is 22.5 Å². The summed E-state index contributed by atoms with van der Waals surface area (Å²) in [6.45, 7) is 2.79. The lowest BCUT2D eigenvalue weighted by Crippen LogP contribution is -2.48. The topological polar surface area (TPSA) is 123 Å². The molecule has 0 amide bonds. The number of anilines is 2. The summed E-state index contributed by atoms with van der Waals surface area (Å²) in [7, 11) is 0. The highest BCUT2D eigenvalue weighted by Crippen LogP contribution is 2.60. The minimum Gasteiger partial charge on any atom is -0.478 e. The number of halogens is 3. The number of hydrogen-bond acceptors (Lipinski definition) is 8. The predicted octanol–water partition coefficient (Wildman–Crippen LogP) is 8.25. The van der Waals surface area contributed by atoms with Crippen molar-refractivity contribution in [1.29, 1.82) is 0 Å². The van der Waals surface area contributed by atoms with Crippen molar-refractivity contribution >= 4 is 44.1 Å². The van der Waals surface area contributed by atoms with Crippen LogP contribution in [-0.2, 0) is 12.7 Å². The molecule has 4 bridgehead atoms. The van der Waals surface area contributed by atoms with Crippen molar-refractivity contribution in [1.82, 2.24) is 34.3 Å². The zero-order valence-electron chi connectivity index (χ0n) is 26.4. The Morgan fingerprint density at radius 3 is 2.47 bits per heavy atom. The molecule has 0 radical (unpaired) electrons. The highest BCUT2D eigenvalue weighted by Gasteiger charge is 2.51. The van der Waals surface area contributed by atoms with Gasteiger partial charge < -0.3 is 10.4 Å². The number of nitrogens with one attached hydrogen (secondary N) is 1. The number of para-hydroxylation sites is 1. The number of alkyl halides is 3. The van der Waals surface area contributed by atoms with Crippen molar-refractivity contribution in [3.63, 3.8) is 0 Å². The van der Waals surface area contributed by atoms with E-state index >= 15 is 0 Å². The molecule has 4 aliphatic carbocycles. The SMILES string of the molecule is Cc1c(-c2ccn3c(-c4cc(C(F)(F)F)c(Nc5nc6ccccc6s5)nn4)cnc3c2C(=O)O)cnn1CC12CC3CC(CC(C3)C1)C2. The number of hydrogen-bond donors (Lipinski definition) is 2. The zero-order valence-corrected chi connectivity index (χ0v) is 27.2. The Labute approximate surface area is 282 Å². The molecule has 250 valence electrons. The first kappa shape index (κ1) is 30.2. The highest BCUT2D eigenvalue weighted by atomic mass is 32.1. The molecule has 4 fully saturated rings. The van der Waals surface area contributed by atoms with Crippen LogP contribution >= 0.6 is 11.3 Å². The van der Waals surface area contributed by atoms with Gasteiger partial charge in [-0.2, -0.15) is 18.3 Å². The van der Waals surface area contributed by atoms with Gasteiger partial charge in [-0.25, -0.2) is 14.8 Å². The summed E-state index contributed by atoms with van der Waals surface area (Å²) >= 11 is 1.20. The van der Waals surface area contributed by atoms with E-state index in [2.05, 4.69) is 25.5 Å². The molecule has 0 spiro atoms. The standard InChI is InChI=1S/C35H31F3N8O2S/c1-18-23(15-40-46(18)17-34-12-19-8-20(13-34)10-21(9-19)14-34)22-6-7-45-27(16-39-31(45)29(22)32(47)48)26-11-24(35(36,37)38)30(44-43-26)42-33-41-25-4-2-3-5-28(25)49-33/h2-7,11,15-16,19-21H,8-10,12-14,17H2,1H3,(H,47,48)(H,41,42,44). The van der Waals surface area contributed by atoms with Gasteiger partial charge in [0.15, 0.2) is 16.6 Å². The quantitative estimate of drug-likeness (QED) is 0.172. The highest BCUT2D eigenvalue weighted by molar-refractivity contribution is 7.22. The molecular formula is C35H31F3N8O2S. The Morgan fingerprint density at radius 2 is 1.78 bits per heavy atom. The van der Waals surface area contributed by atoms with Crippen molar-refractivity contribution in [2.75, 3.05) is 5.32 Å². The fourth-order valence-corrected chi connectivity index (χ4v) is 10.1. The number of pyridine rings is 1. The third-order valence-electron chi connectivity index (χ3n) is 10.8. The number of imidazole rings is 1. The molecule has 10 nitrogen and oxygen atoms in total. The second-order valence-corrected chi connectivity index (χ2v) is 15.1. The lowest BCUT2D eigenvalue weighted by Gasteiger charge is -2.56. The Hall–Kier alpha value is -4.85. The normalized spacial score (nSPS) is 23.1. The Kier molecular flexibility index (Phi) is 6.68. The van der Waals surface area contributed by atoms with Gasteiger partial charge >= 0.3 is 12.1 Å². The van der Waals surface area contributed by atoms with E-state index in [1.807, 2.05) is 23.7 Å². The summed E-state index contributed by atoms with van der Waals surface area (Å²) in [5.41, 5.74) is 1.96. The van der Waals surface area contributed by atoms with Crippen molar-refractivity contribution in [2.45, 2.75) is 58.2 Å². The van der Waals surface area contributed by atoms with E-state index < -0.39 is 23.5 Å². The van der Waals surface area contributed by atoms with Gasteiger partial charge in [0.25, 0.3) is 0 Å². The molecule has 6 aromatic rings. The van der Waals surface area contributed by atoms with Crippen LogP contribution in [0.25, 0.3) is 38.4 Å². The van der Waals surface area contributed by atoms with Crippen LogP contribution in [0, 0.1) is 30.1 Å².